The number of unbranched alkanes of at least 4 members (excludes halogenated alkanes) is 2. The number of aliphatic hydroxyl groups excluding tert-OH is 2. The fourth-order valence-electron chi connectivity index (χ4n) is 21.3. The number of aliphatic carboxylic acids is 1. The third-order valence-electron chi connectivity index (χ3n) is 18.9. The molecule has 0 fully saturated rings. The van der Waals surface area contributed by atoms with Gasteiger partial charge in [-0.2, -0.15) is 0 Å². The van der Waals surface area contributed by atoms with E-state index in [0.29, 0.717) is 6.42 Å². The number of hydrogen-bond donors (Lipinski definition) is 4. The van der Waals surface area contributed by atoms with Crippen LogP contribution in [0.15, 0.2) is 0 Å². The number of amides is 1. The van der Waals surface area contributed by atoms with Gasteiger partial charge in [0, 0.05) is 5.92 Å². The number of hydrogen-bond acceptors (Lipinski definition) is 35. The molecule has 149 heavy (non-hydrogen) atoms. The molecule has 0 aromatic carbocycles. The van der Waals surface area contributed by atoms with Crippen LogP contribution in [0.5, 0.6) is 0 Å². The van der Waals surface area contributed by atoms with E-state index in [4.69, 9.17) is 143 Å². The first-order chi connectivity index (χ1) is 64.5. The number of carbonyl (C=O) groups is 2. The summed E-state index contributed by atoms with van der Waals surface area (Å²) in [5.74, 6) is -2.05. The van der Waals surface area contributed by atoms with Gasteiger partial charge in [0.1, 0.15) is 0 Å². The molecular weight excluding hydrogens is 2450 g/mol. The first-order valence-corrected chi connectivity index (χ1v) is 144. The Labute approximate surface area is 943 Å². The van der Waals surface area contributed by atoms with Gasteiger partial charge in [-0.25, -0.2) is 0 Å². The highest BCUT2D eigenvalue weighted by atomic mass is 28.6. The highest BCUT2D eigenvalue weighted by Gasteiger charge is 2.59. The number of aliphatic hydroxyl groups is 2. The van der Waals surface area contributed by atoms with Gasteiger partial charge in [0.2, 0.25) is 5.91 Å². The van der Waals surface area contributed by atoms with Crippen molar-refractivity contribution in [1.29, 1.82) is 0 Å². The van der Waals surface area contributed by atoms with Crippen LogP contribution >= 0.6 is 0 Å². The molecule has 4 N–H and O–H groups in total. The quantitative estimate of drug-likeness (QED) is 0.0411. The Bertz CT molecular complexity index is 3900. The summed E-state index contributed by atoms with van der Waals surface area (Å²) in [6.45, 7) is 139. The van der Waals surface area contributed by atoms with E-state index < -0.39 is 297 Å². The summed E-state index contributed by atoms with van der Waals surface area (Å²) in [4.78, 5) is 22.3. The van der Waals surface area contributed by atoms with Crippen LogP contribution in [0.25, 0.3) is 0 Å². The highest BCUT2D eigenvalue weighted by molar-refractivity contribution is 7.00. The van der Waals surface area contributed by atoms with Crippen LogP contribution in [0.2, 0.25) is 432 Å². The Kier molecular flexibility index (Phi) is 58.8. The van der Waals surface area contributed by atoms with Crippen molar-refractivity contribution in [1.82, 2.24) is 5.32 Å². The summed E-state index contributed by atoms with van der Waals surface area (Å²) < 4.78 is 216. The smallest absolute Gasteiger partial charge is 0.314 e. The minimum atomic E-state index is -2.95. The molecule has 0 aliphatic heterocycles. The summed E-state index contributed by atoms with van der Waals surface area (Å²) >= 11 is 0. The number of nitrogens with one attached hydrogen (secondary N) is 1. The van der Waals surface area contributed by atoms with Gasteiger partial charge >= 0.3 is 263 Å². The zero-order chi connectivity index (χ0) is 119. The maximum Gasteiger partial charge on any atom is 0.314 e. The Hall–Kier alpha value is 4.56. The van der Waals surface area contributed by atoms with Crippen molar-refractivity contribution in [2.45, 2.75) is 490 Å². The molecule has 0 saturated carbocycles. The molecule has 0 aromatic heterocycles. The SMILES string of the molecule is CCCCC(CC(=O)O)C(=O)NC(CO)CO.CCCC[Si](C)(C)O[Si](C)(C)O[Si](C)(C)O[Si](C)(C)O[Si](C)(C)O[Si](C)(C)O[Si](C)(C)O[Si](C)(C)O[Si](C)(C)O[Si](C)(C)O[Si](C)(C)O[Si](C)(C)O[Si](C)(C)O[Si](C)(C)O[Si](C)(C)O[Si](C)(C)O[Si](C)(C)O[Si](C)(C)O[Si](C)(C)O[Si](C)(C)O[Si](C)(C)O[Si](C)(C)O[Si](C)(C)O[Si](C)(C)O[Si](C)(C)O[Si](C)(C)O[Si](C)(C)O[Si](C)(C)O[Si](C)(C)O[Si](C)(C)O[Si](C)(C)O[Si](C)(C)C. The molecule has 0 heterocycles. The van der Waals surface area contributed by atoms with Crippen molar-refractivity contribution in [3.05, 3.63) is 0 Å². The van der Waals surface area contributed by atoms with Crippen molar-refractivity contribution >= 4 is 285 Å². The molecule has 0 saturated heterocycles. The molecule has 69 heteroatoms. The minimum Gasteiger partial charge on any atom is -0.481 e. The molecular formula is C80H225NO36Si32. The van der Waals surface area contributed by atoms with E-state index in [-0.39, 0.29) is 19.6 Å². The van der Waals surface area contributed by atoms with Gasteiger partial charge in [0.05, 0.1) is 25.7 Å². The zero-order valence-electron chi connectivity index (χ0n) is 107. The molecule has 0 spiro atoms. The maximum atomic E-state index is 11.7. The number of rotatable bonds is 74. The van der Waals surface area contributed by atoms with Crippen LogP contribution in [-0.2, 0) is 137 Å². The monoisotopic (exact) mass is 2670 g/mol. The van der Waals surface area contributed by atoms with Crippen molar-refractivity contribution in [3.63, 3.8) is 0 Å². The lowest BCUT2D eigenvalue weighted by Gasteiger charge is -2.45. The third-order valence-corrected chi connectivity index (χ3v) is 143. The molecule has 0 bridgehead atoms. The van der Waals surface area contributed by atoms with Crippen molar-refractivity contribution < 1.29 is 152 Å². The van der Waals surface area contributed by atoms with Crippen molar-refractivity contribution in [2.75, 3.05) is 13.2 Å². The van der Waals surface area contributed by atoms with Gasteiger partial charge in [-0.05, 0) is 438 Å². The molecule has 894 valence electrons. The standard InChI is InChI=1S/C69H204O31Si32.C11H21NO5/c1-67-68-69-102(5,6)71-104(9,10)73-106(13,14)75-108(17,18)77-110(21,22)79-112(25,26)81-114(29,30)83-116(33,34)85-118(37,38)87-120(41,42)89-122(45,46)91-124(49,50)93-126(53,54)95-128(57,58)97-130(61,62)99-132(65,66)100-131(63,64)98-129(59,60)96-127(55,56)94-125(51,52)92-123(47,48)90-121(43,44)88-119(39,40)86-117(35,36)84-115(31,32)82-113(27,28)80-111(23,24)78-109(19,20)76-107(15,16)74-105(11,12)72-103(7,8)70-101(2,3)4;1-2-3-4-8(5-10(15)16)11(17)12-9(6-13)7-14/h67-69H2,1-66H3;8-9,13-14H,2-7H2,1H3,(H,12,17)(H,15,16). The predicted molar refractivity (Wildman–Crippen MR) is 680 cm³/mol. The van der Waals surface area contributed by atoms with Crippen LogP contribution in [-0.4, -0.2) is 320 Å². The van der Waals surface area contributed by atoms with E-state index in [0.717, 1.165) is 25.3 Å². The van der Waals surface area contributed by atoms with E-state index in [1.807, 2.05) is 6.92 Å². The van der Waals surface area contributed by atoms with E-state index in [1.54, 1.807) is 0 Å². The summed E-state index contributed by atoms with van der Waals surface area (Å²) in [5, 5.41) is 28.8. The molecule has 0 aliphatic rings. The van der Waals surface area contributed by atoms with E-state index in [2.05, 4.69) is 438 Å². The van der Waals surface area contributed by atoms with Gasteiger partial charge in [-0.3, -0.25) is 9.59 Å². The van der Waals surface area contributed by atoms with Gasteiger partial charge < -0.3 is 148 Å². The van der Waals surface area contributed by atoms with Gasteiger partial charge in [0.25, 0.3) is 0 Å². The van der Waals surface area contributed by atoms with E-state index in [9.17, 15) is 9.59 Å². The van der Waals surface area contributed by atoms with Gasteiger partial charge in [0.15, 0.2) is 16.6 Å². The van der Waals surface area contributed by atoms with E-state index >= 15 is 0 Å². The lowest BCUT2D eigenvalue weighted by Crippen LogP contribution is -2.63. The largest absolute Gasteiger partial charge is 0.481 e. The van der Waals surface area contributed by atoms with Crippen molar-refractivity contribution in [3.8, 4) is 0 Å². The Morgan fingerprint density at radius 1 is 0.195 bits per heavy atom. The molecule has 1 unspecified atom stereocenters. The number of carbonyl (C=O) groups excluding carboxylic acids is 1. The summed E-state index contributed by atoms with van der Waals surface area (Å²) in [6, 6.07) is 0.394. The predicted octanol–water partition coefficient (Wildman–Crippen LogP) is 25.1. The fourth-order valence-corrected chi connectivity index (χ4v) is 188. The van der Waals surface area contributed by atoms with Crippen LogP contribution in [0.4, 0.5) is 0 Å². The maximum absolute atomic E-state index is 11.7. The highest BCUT2D eigenvalue weighted by Crippen LogP contribution is 2.40. The molecule has 0 rings (SSSR count). The average molecular weight is 2680 g/mol. The zero-order valence-corrected chi connectivity index (χ0v) is 139. The lowest BCUT2D eigenvalue weighted by atomic mass is 9.97. The summed E-state index contributed by atoms with van der Waals surface area (Å²) in [7, 11) is -89.2. The van der Waals surface area contributed by atoms with Crippen molar-refractivity contribution in [2.24, 2.45) is 5.92 Å². The fraction of sp³-hybridized carbons (Fsp3) is 0.975. The molecule has 1 amide bonds. The summed E-state index contributed by atoms with van der Waals surface area (Å²) in [5.41, 5.74) is 0. The second kappa shape index (κ2) is 56.3. The molecule has 1 atom stereocenters. The van der Waals surface area contributed by atoms with Gasteiger partial charge in [-0.15, -0.1) is 0 Å². The second-order valence-electron chi connectivity index (χ2n) is 54.1. The first kappa shape index (κ1) is 156. The van der Waals surface area contributed by atoms with Crippen LogP contribution in [0.1, 0.15) is 52.4 Å². The Balaban J connectivity index is 0. The minimum absolute atomic E-state index is 0.227. The molecule has 37 nitrogen and oxygen atoms in total. The topological polar surface area (TPSA) is 393 Å². The van der Waals surface area contributed by atoms with Gasteiger partial charge in [-0.1, -0.05) is 39.5 Å². The third kappa shape index (κ3) is 74.4. The molecule has 0 radical (unpaired) electrons. The second-order valence-corrected chi connectivity index (χ2v) is 172. The summed E-state index contributed by atoms with van der Waals surface area (Å²) in [6.07, 6.45) is 4.24. The number of carboxylic acids is 1. The van der Waals surface area contributed by atoms with Crippen LogP contribution in [0, 0.1) is 5.92 Å². The molecule has 0 aromatic rings. The number of carboxylic acid groups (broad SMARTS) is 1. The van der Waals surface area contributed by atoms with E-state index in [1.165, 1.54) is 6.42 Å². The Morgan fingerprint density at radius 2 is 0.315 bits per heavy atom. The first-order valence-electron chi connectivity index (χ1n) is 53.0. The molecule has 0 aliphatic carbocycles. The van der Waals surface area contributed by atoms with Crippen LogP contribution < -0.4 is 5.32 Å². The van der Waals surface area contributed by atoms with Crippen LogP contribution in [0.3, 0.4) is 0 Å². The average Bonchev–Trinajstić information content (AvgIpc) is 0.802. The Morgan fingerprint density at radius 3 is 0.423 bits per heavy atom. The lowest BCUT2D eigenvalue weighted by molar-refractivity contribution is -0.141. The normalized spacial score (nSPS) is 15.8.